The topological polar surface area (TPSA) is 142 Å². The van der Waals surface area contributed by atoms with Gasteiger partial charge in [-0.2, -0.15) is 5.10 Å². The second-order valence-electron chi connectivity index (χ2n) is 8.48. The Kier molecular flexibility index (Phi) is 5.66. The molecule has 0 amide bonds. The summed E-state index contributed by atoms with van der Waals surface area (Å²) in [5.41, 5.74) is -2.45. The van der Waals surface area contributed by atoms with Gasteiger partial charge in [0.25, 0.3) is 11.2 Å². The Labute approximate surface area is 177 Å². The average molecular weight is 429 g/mol. The third kappa shape index (κ3) is 4.62. The van der Waals surface area contributed by atoms with Crippen LogP contribution >= 0.6 is 0 Å². The van der Waals surface area contributed by atoms with E-state index >= 15 is 0 Å². The van der Waals surface area contributed by atoms with Gasteiger partial charge < -0.3 is 9.84 Å². The van der Waals surface area contributed by atoms with Crippen LogP contribution in [-0.2, 0) is 9.53 Å². The molecule has 1 heterocycles. The Balaban J connectivity index is 2.14. The lowest BCUT2D eigenvalue weighted by molar-refractivity contribution is -0.384. The summed E-state index contributed by atoms with van der Waals surface area (Å²) in [6.45, 7) is 6.23. The number of hydrogen-bond donors (Lipinski definition) is 1. The van der Waals surface area contributed by atoms with Gasteiger partial charge in [0, 0.05) is 17.7 Å². The molecule has 1 saturated carbocycles. The number of nitro groups is 1. The number of aromatic hydroxyl groups is 1. The first-order chi connectivity index (χ1) is 14.4. The minimum absolute atomic E-state index is 0.144. The van der Waals surface area contributed by atoms with Crippen LogP contribution in [0.25, 0.3) is 11.3 Å². The summed E-state index contributed by atoms with van der Waals surface area (Å²) in [5, 5.41) is 26.1. The average Bonchev–Trinajstić information content (AvgIpc) is 3.51. The third-order valence-electron chi connectivity index (χ3n) is 4.71. The molecular formula is C21H23N3O7. The van der Waals surface area contributed by atoms with E-state index in [-0.39, 0.29) is 23.0 Å². The molecule has 0 saturated heterocycles. The van der Waals surface area contributed by atoms with E-state index in [0.717, 1.165) is 4.68 Å². The van der Waals surface area contributed by atoms with Crippen LogP contribution in [0.15, 0.2) is 29.1 Å². The molecule has 10 nitrogen and oxygen atoms in total. The van der Waals surface area contributed by atoms with Gasteiger partial charge in [-0.1, -0.05) is 12.1 Å². The lowest BCUT2D eigenvalue weighted by Crippen LogP contribution is -2.35. The third-order valence-corrected chi connectivity index (χ3v) is 4.71. The van der Waals surface area contributed by atoms with Gasteiger partial charge in [0.15, 0.2) is 11.5 Å². The van der Waals surface area contributed by atoms with Crippen molar-refractivity contribution in [2.45, 2.75) is 52.2 Å². The number of carbonyl (C=O) groups excluding carboxylic acids is 2. The monoisotopic (exact) mass is 429 g/mol. The number of ketones is 1. The second kappa shape index (κ2) is 7.93. The molecule has 0 spiro atoms. The van der Waals surface area contributed by atoms with Gasteiger partial charge in [-0.15, -0.1) is 0 Å². The van der Waals surface area contributed by atoms with Crippen molar-refractivity contribution < 1.29 is 24.4 Å². The number of Topliss-reactive ketones (excluding diaryl/α,β-unsaturated/α-hetero) is 1. The number of ether oxygens (including phenoxy) is 1. The largest absolute Gasteiger partial charge is 0.505 e. The molecule has 1 N–H and O–H groups in total. The summed E-state index contributed by atoms with van der Waals surface area (Å²) in [7, 11) is 0. The molecule has 1 aliphatic rings. The lowest BCUT2D eigenvalue weighted by atomic mass is 9.97. The van der Waals surface area contributed by atoms with Crippen LogP contribution in [0.4, 0.5) is 5.69 Å². The highest BCUT2D eigenvalue weighted by Crippen LogP contribution is 2.37. The lowest BCUT2D eigenvalue weighted by Gasteiger charge is -2.22. The van der Waals surface area contributed by atoms with E-state index in [9.17, 15) is 29.6 Å². The van der Waals surface area contributed by atoms with Gasteiger partial charge in [-0.3, -0.25) is 24.5 Å². The Bertz CT molecular complexity index is 1130. The molecule has 31 heavy (non-hydrogen) atoms. The number of hydrogen-bond acceptors (Lipinski definition) is 8. The van der Waals surface area contributed by atoms with E-state index < -0.39 is 45.1 Å². The van der Waals surface area contributed by atoms with E-state index in [1.165, 1.54) is 31.2 Å². The van der Waals surface area contributed by atoms with Crippen molar-refractivity contribution in [1.82, 2.24) is 9.78 Å². The van der Waals surface area contributed by atoms with E-state index in [1.54, 1.807) is 20.8 Å². The van der Waals surface area contributed by atoms with Crippen molar-refractivity contribution in [1.29, 1.82) is 0 Å². The molecule has 0 bridgehead atoms. The normalized spacial score (nSPS) is 14.7. The number of non-ortho nitro benzene ring substituents is 1. The van der Waals surface area contributed by atoms with Gasteiger partial charge >= 0.3 is 5.97 Å². The fraction of sp³-hybridized carbons (Fsp3) is 0.429. The zero-order chi connectivity index (χ0) is 23.1. The molecule has 1 aromatic heterocycles. The van der Waals surface area contributed by atoms with Crippen molar-refractivity contribution >= 4 is 17.4 Å². The number of esters is 1. The standard InChI is InChI=1S/C21H23N3O7/c1-11(20(28)31-21(2,3)4)17(25)15-18(26)16(22-23(19(15)27)13-8-9-13)12-6-5-7-14(10-12)24(29)30/h5-7,10-11,13,26H,8-9H2,1-4H3. The quantitative estimate of drug-likeness (QED) is 0.243. The zero-order valence-corrected chi connectivity index (χ0v) is 17.6. The fourth-order valence-corrected chi connectivity index (χ4v) is 3.00. The van der Waals surface area contributed by atoms with Crippen LogP contribution in [-0.4, -0.2) is 37.2 Å². The number of benzene rings is 1. The smallest absolute Gasteiger partial charge is 0.317 e. The first-order valence-corrected chi connectivity index (χ1v) is 9.78. The summed E-state index contributed by atoms with van der Waals surface area (Å²) < 4.78 is 6.33. The Morgan fingerprint density at radius 1 is 1.32 bits per heavy atom. The van der Waals surface area contributed by atoms with E-state index in [0.29, 0.717) is 12.8 Å². The Morgan fingerprint density at radius 2 is 1.97 bits per heavy atom. The number of rotatable bonds is 6. The van der Waals surface area contributed by atoms with Crippen molar-refractivity contribution in [2.75, 3.05) is 0 Å². The highest BCUT2D eigenvalue weighted by atomic mass is 16.6. The molecule has 2 aromatic rings. The minimum Gasteiger partial charge on any atom is -0.505 e. The SMILES string of the molecule is CC(C(=O)OC(C)(C)C)C(=O)c1c(O)c(-c2cccc([N+](=O)[O-])c2)nn(C2CC2)c1=O. The summed E-state index contributed by atoms with van der Waals surface area (Å²) in [4.78, 5) is 48.9. The van der Waals surface area contributed by atoms with Gasteiger partial charge in [-0.05, 0) is 40.5 Å². The maximum atomic E-state index is 13.1. The Hall–Kier alpha value is -3.56. The molecule has 1 atom stereocenters. The predicted molar refractivity (Wildman–Crippen MR) is 110 cm³/mol. The van der Waals surface area contributed by atoms with Crippen LogP contribution in [0, 0.1) is 16.0 Å². The minimum atomic E-state index is -1.34. The molecule has 10 heteroatoms. The van der Waals surface area contributed by atoms with Crippen LogP contribution in [0.1, 0.15) is 56.9 Å². The molecule has 1 aliphatic carbocycles. The molecule has 3 rings (SSSR count). The van der Waals surface area contributed by atoms with Crippen molar-refractivity contribution in [3.8, 4) is 17.0 Å². The molecular weight excluding hydrogens is 406 g/mol. The Morgan fingerprint density at radius 3 is 2.52 bits per heavy atom. The summed E-state index contributed by atoms with van der Waals surface area (Å²) in [6.07, 6.45) is 1.34. The predicted octanol–water partition coefficient (Wildman–Crippen LogP) is 3.02. The summed E-state index contributed by atoms with van der Waals surface area (Å²) in [5.74, 6) is -3.79. The van der Waals surface area contributed by atoms with Crippen LogP contribution in [0.3, 0.4) is 0 Å². The zero-order valence-electron chi connectivity index (χ0n) is 17.6. The van der Waals surface area contributed by atoms with Crippen molar-refractivity contribution in [3.63, 3.8) is 0 Å². The number of carbonyl (C=O) groups is 2. The molecule has 1 fully saturated rings. The fourth-order valence-electron chi connectivity index (χ4n) is 3.00. The van der Waals surface area contributed by atoms with E-state index in [1.807, 2.05) is 0 Å². The first-order valence-electron chi connectivity index (χ1n) is 9.78. The van der Waals surface area contributed by atoms with E-state index in [4.69, 9.17) is 4.74 Å². The maximum absolute atomic E-state index is 13.1. The van der Waals surface area contributed by atoms with Gasteiger partial charge in [0.2, 0.25) is 0 Å². The maximum Gasteiger partial charge on any atom is 0.317 e. The van der Waals surface area contributed by atoms with Crippen molar-refractivity contribution in [2.24, 2.45) is 5.92 Å². The first kappa shape index (κ1) is 22.1. The van der Waals surface area contributed by atoms with E-state index in [2.05, 4.69) is 5.10 Å². The van der Waals surface area contributed by atoms with Gasteiger partial charge in [-0.25, -0.2) is 4.68 Å². The van der Waals surface area contributed by atoms with Gasteiger partial charge in [0.1, 0.15) is 22.8 Å². The summed E-state index contributed by atoms with van der Waals surface area (Å²) in [6, 6.07) is 5.10. The second-order valence-corrected chi connectivity index (χ2v) is 8.48. The summed E-state index contributed by atoms with van der Waals surface area (Å²) >= 11 is 0. The highest BCUT2D eigenvalue weighted by molar-refractivity contribution is 6.10. The molecule has 0 radical (unpaired) electrons. The number of aromatic nitrogens is 2. The van der Waals surface area contributed by atoms with Crippen molar-refractivity contribution in [3.05, 3.63) is 50.3 Å². The molecule has 0 aliphatic heterocycles. The van der Waals surface area contributed by atoms with Crippen LogP contribution in [0.2, 0.25) is 0 Å². The molecule has 1 unspecified atom stereocenters. The number of nitro benzene ring substituents is 1. The highest BCUT2D eigenvalue weighted by Gasteiger charge is 2.36. The van der Waals surface area contributed by atoms with Crippen LogP contribution < -0.4 is 5.56 Å². The number of nitrogens with zero attached hydrogens (tertiary/aromatic N) is 3. The van der Waals surface area contributed by atoms with Crippen LogP contribution in [0.5, 0.6) is 5.75 Å². The molecule has 164 valence electrons. The van der Waals surface area contributed by atoms with Gasteiger partial charge in [0.05, 0.1) is 11.0 Å². The molecule has 1 aromatic carbocycles.